The topological polar surface area (TPSA) is 21.1 Å². The average molecular weight is 309 g/mol. The molecule has 0 spiro atoms. The van der Waals surface area contributed by atoms with Crippen LogP contribution in [0.25, 0.3) is 5.69 Å². The predicted molar refractivity (Wildman–Crippen MR) is 94.2 cm³/mol. The normalized spacial score (nSPS) is 22.0. The number of benzene rings is 1. The molecule has 1 saturated heterocycles. The van der Waals surface area contributed by atoms with Crippen molar-refractivity contribution in [2.75, 3.05) is 19.6 Å². The molecule has 2 aromatic rings. The monoisotopic (exact) mass is 309 g/mol. The van der Waals surface area contributed by atoms with Crippen molar-refractivity contribution in [3.63, 3.8) is 0 Å². The van der Waals surface area contributed by atoms with Gasteiger partial charge in [-0.2, -0.15) is 5.10 Å². The summed E-state index contributed by atoms with van der Waals surface area (Å²) in [5, 5.41) is 4.72. The number of fused-ring (bicyclic) bond motifs is 1. The summed E-state index contributed by atoms with van der Waals surface area (Å²) in [6, 6.07) is 10.6. The number of hydrogen-bond donors (Lipinski definition) is 0. The van der Waals surface area contributed by atoms with Gasteiger partial charge in [-0.3, -0.25) is 0 Å². The molecule has 1 aliphatic heterocycles. The molecule has 3 heteroatoms. The van der Waals surface area contributed by atoms with Crippen molar-refractivity contribution in [3.05, 3.63) is 47.8 Å². The number of hydrogen-bond acceptors (Lipinski definition) is 2. The van der Waals surface area contributed by atoms with Crippen molar-refractivity contribution in [1.29, 1.82) is 0 Å². The minimum atomic E-state index is 0.707. The van der Waals surface area contributed by atoms with Gasteiger partial charge in [0.2, 0.25) is 0 Å². The van der Waals surface area contributed by atoms with Crippen LogP contribution < -0.4 is 0 Å². The Bertz CT molecular complexity index is 626. The maximum absolute atomic E-state index is 4.72. The van der Waals surface area contributed by atoms with Crippen LogP contribution in [0.4, 0.5) is 0 Å². The molecule has 1 unspecified atom stereocenters. The van der Waals surface area contributed by atoms with Crippen LogP contribution in [0.3, 0.4) is 0 Å². The Morgan fingerprint density at radius 3 is 2.65 bits per heavy atom. The average Bonchev–Trinajstić information content (AvgIpc) is 3.06. The van der Waals surface area contributed by atoms with Crippen molar-refractivity contribution in [1.82, 2.24) is 14.7 Å². The fraction of sp³-hybridized carbons (Fsp3) is 0.550. The second-order valence-electron chi connectivity index (χ2n) is 7.07. The Hall–Kier alpha value is -1.61. The van der Waals surface area contributed by atoms with Gasteiger partial charge in [0.05, 0.1) is 11.9 Å². The molecule has 0 bridgehead atoms. The standard InChI is InChI=1S/C20H27N3/c1-3-9-18(10-4-1)23-20-11-7-8-17(19(20)16-21-23)12-15-22-13-5-2-6-14-22/h1,3-4,9-10,16-17H,2,5-8,11-15H2. The van der Waals surface area contributed by atoms with Crippen LogP contribution in [0.2, 0.25) is 0 Å². The molecule has 0 amide bonds. The van der Waals surface area contributed by atoms with E-state index in [9.17, 15) is 0 Å². The van der Waals surface area contributed by atoms with Crippen molar-refractivity contribution < 1.29 is 0 Å². The zero-order valence-corrected chi connectivity index (χ0v) is 14.0. The van der Waals surface area contributed by atoms with E-state index >= 15 is 0 Å². The minimum Gasteiger partial charge on any atom is -0.303 e. The predicted octanol–water partition coefficient (Wildman–Crippen LogP) is 4.17. The third-order valence-electron chi connectivity index (χ3n) is 5.55. The highest BCUT2D eigenvalue weighted by Gasteiger charge is 2.25. The Labute approximate surface area is 139 Å². The van der Waals surface area contributed by atoms with Gasteiger partial charge in [-0.1, -0.05) is 24.6 Å². The molecule has 23 heavy (non-hydrogen) atoms. The van der Waals surface area contributed by atoms with Crippen molar-refractivity contribution in [2.24, 2.45) is 0 Å². The van der Waals surface area contributed by atoms with Crippen LogP contribution in [0.15, 0.2) is 36.5 Å². The lowest BCUT2D eigenvalue weighted by Gasteiger charge is -2.29. The molecule has 1 fully saturated rings. The van der Waals surface area contributed by atoms with Crippen LogP contribution in [0.1, 0.15) is 55.7 Å². The Morgan fingerprint density at radius 1 is 1.00 bits per heavy atom. The molecular weight excluding hydrogens is 282 g/mol. The summed E-state index contributed by atoms with van der Waals surface area (Å²) in [6.45, 7) is 3.88. The van der Waals surface area contributed by atoms with Crippen LogP contribution in [-0.2, 0) is 6.42 Å². The van der Waals surface area contributed by atoms with Gasteiger partial charge in [0.15, 0.2) is 0 Å². The molecule has 4 rings (SSSR count). The molecule has 122 valence electrons. The highest BCUT2D eigenvalue weighted by atomic mass is 15.3. The maximum Gasteiger partial charge on any atom is 0.0648 e. The largest absolute Gasteiger partial charge is 0.303 e. The SMILES string of the molecule is c1ccc(-n2ncc3c2CCCC3CCN2CCCCC2)cc1. The fourth-order valence-corrected chi connectivity index (χ4v) is 4.26. The zero-order valence-electron chi connectivity index (χ0n) is 14.0. The summed E-state index contributed by atoms with van der Waals surface area (Å²) in [6.07, 6.45) is 11.5. The van der Waals surface area contributed by atoms with Crippen LogP contribution in [0.5, 0.6) is 0 Å². The summed E-state index contributed by atoms with van der Waals surface area (Å²) < 4.78 is 2.17. The molecule has 0 saturated carbocycles. The first-order chi connectivity index (χ1) is 11.4. The summed E-state index contributed by atoms with van der Waals surface area (Å²) in [5.74, 6) is 0.707. The molecule has 2 heterocycles. The van der Waals surface area contributed by atoms with Crippen LogP contribution in [-0.4, -0.2) is 34.3 Å². The summed E-state index contributed by atoms with van der Waals surface area (Å²) in [4.78, 5) is 2.67. The second-order valence-corrected chi connectivity index (χ2v) is 7.07. The van der Waals surface area contributed by atoms with Crippen LogP contribution >= 0.6 is 0 Å². The molecule has 1 atom stereocenters. The van der Waals surface area contributed by atoms with E-state index < -0.39 is 0 Å². The lowest BCUT2D eigenvalue weighted by Crippen LogP contribution is -2.31. The van der Waals surface area contributed by atoms with E-state index in [2.05, 4.69) is 46.1 Å². The first-order valence-electron chi connectivity index (χ1n) is 9.26. The van der Waals surface area contributed by atoms with Gasteiger partial charge >= 0.3 is 0 Å². The molecule has 1 aliphatic carbocycles. The first kappa shape index (κ1) is 14.9. The van der Waals surface area contributed by atoms with Gasteiger partial charge in [0.25, 0.3) is 0 Å². The van der Waals surface area contributed by atoms with E-state index in [1.807, 2.05) is 0 Å². The number of rotatable bonds is 4. The lowest BCUT2D eigenvalue weighted by molar-refractivity contribution is 0.218. The minimum absolute atomic E-state index is 0.707. The highest BCUT2D eigenvalue weighted by Crippen LogP contribution is 2.35. The summed E-state index contributed by atoms with van der Waals surface area (Å²) in [7, 11) is 0. The molecule has 1 aromatic carbocycles. The first-order valence-corrected chi connectivity index (χ1v) is 9.26. The molecular formula is C20H27N3. The number of para-hydroxylation sites is 1. The van der Waals surface area contributed by atoms with Gasteiger partial charge in [0, 0.05) is 5.69 Å². The van der Waals surface area contributed by atoms with E-state index in [1.165, 1.54) is 81.5 Å². The molecule has 0 radical (unpaired) electrons. The molecule has 2 aliphatic rings. The number of aromatic nitrogens is 2. The highest BCUT2D eigenvalue weighted by molar-refractivity contribution is 5.37. The van der Waals surface area contributed by atoms with Crippen molar-refractivity contribution in [2.45, 2.75) is 50.9 Å². The Kier molecular flexibility index (Phi) is 4.47. The third kappa shape index (κ3) is 3.20. The van der Waals surface area contributed by atoms with E-state index in [0.29, 0.717) is 5.92 Å². The van der Waals surface area contributed by atoms with E-state index in [1.54, 1.807) is 0 Å². The molecule has 3 nitrogen and oxygen atoms in total. The van der Waals surface area contributed by atoms with E-state index in [0.717, 1.165) is 0 Å². The van der Waals surface area contributed by atoms with Gasteiger partial charge in [-0.05, 0) is 81.8 Å². The summed E-state index contributed by atoms with van der Waals surface area (Å²) >= 11 is 0. The van der Waals surface area contributed by atoms with Crippen molar-refractivity contribution >= 4 is 0 Å². The van der Waals surface area contributed by atoms with Crippen LogP contribution in [0, 0.1) is 0 Å². The smallest absolute Gasteiger partial charge is 0.0648 e. The number of piperidine rings is 1. The number of likely N-dealkylation sites (tertiary alicyclic amines) is 1. The van der Waals surface area contributed by atoms with Gasteiger partial charge in [-0.15, -0.1) is 0 Å². The Morgan fingerprint density at radius 2 is 1.83 bits per heavy atom. The van der Waals surface area contributed by atoms with Gasteiger partial charge < -0.3 is 4.90 Å². The maximum atomic E-state index is 4.72. The third-order valence-corrected chi connectivity index (χ3v) is 5.55. The quantitative estimate of drug-likeness (QED) is 0.845. The fourth-order valence-electron chi connectivity index (χ4n) is 4.26. The van der Waals surface area contributed by atoms with E-state index in [4.69, 9.17) is 5.10 Å². The molecule has 0 N–H and O–H groups in total. The van der Waals surface area contributed by atoms with Gasteiger partial charge in [-0.25, -0.2) is 4.68 Å². The number of nitrogens with zero attached hydrogens (tertiary/aromatic N) is 3. The second kappa shape index (κ2) is 6.88. The molecule has 1 aromatic heterocycles. The summed E-state index contributed by atoms with van der Waals surface area (Å²) in [5.41, 5.74) is 4.16. The van der Waals surface area contributed by atoms with Crippen molar-refractivity contribution in [3.8, 4) is 5.69 Å². The van der Waals surface area contributed by atoms with Gasteiger partial charge in [0.1, 0.15) is 0 Å². The lowest BCUT2D eigenvalue weighted by atomic mass is 9.84. The Balaban J connectivity index is 1.49. The zero-order chi connectivity index (χ0) is 15.5. The van der Waals surface area contributed by atoms with E-state index in [-0.39, 0.29) is 0 Å².